The van der Waals surface area contributed by atoms with Gasteiger partial charge in [-0.2, -0.15) is 0 Å². The predicted octanol–water partition coefficient (Wildman–Crippen LogP) is 3.30. The minimum atomic E-state index is -0.964. The predicted molar refractivity (Wildman–Crippen MR) is 95.4 cm³/mol. The molecule has 0 radical (unpaired) electrons. The van der Waals surface area contributed by atoms with Crippen LogP contribution < -0.4 is 14.8 Å². The maximum absolute atomic E-state index is 15.0. The molecule has 1 N–H and O–H groups in total. The molecule has 3 aliphatic carbocycles. The number of alkyl halides is 1. The minimum Gasteiger partial charge on any atom is -0.493 e. The molecule has 0 bridgehead atoms. The summed E-state index contributed by atoms with van der Waals surface area (Å²) >= 11 is 0. The van der Waals surface area contributed by atoms with Crippen LogP contribution in [0.25, 0.3) is 0 Å². The van der Waals surface area contributed by atoms with Crippen molar-refractivity contribution in [2.24, 2.45) is 11.8 Å². The van der Waals surface area contributed by atoms with Crippen molar-refractivity contribution in [1.82, 2.24) is 5.32 Å². The SMILES string of the molecule is COc1ccc2c3c1O[C@@H]1C(F)CCC(CC2)[C@]31CCNC(=O)C1CC1. The van der Waals surface area contributed by atoms with Gasteiger partial charge in [0.15, 0.2) is 11.5 Å². The van der Waals surface area contributed by atoms with Crippen molar-refractivity contribution < 1.29 is 18.7 Å². The monoisotopic (exact) mass is 359 g/mol. The molecule has 1 heterocycles. The fourth-order valence-electron chi connectivity index (χ4n) is 5.66. The van der Waals surface area contributed by atoms with Gasteiger partial charge < -0.3 is 14.8 Å². The number of hydrogen-bond donors (Lipinski definition) is 1. The van der Waals surface area contributed by atoms with Crippen LogP contribution in [0.4, 0.5) is 4.39 Å². The summed E-state index contributed by atoms with van der Waals surface area (Å²) in [7, 11) is 1.64. The topological polar surface area (TPSA) is 47.6 Å². The van der Waals surface area contributed by atoms with Gasteiger partial charge in [0.2, 0.25) is 5.91 Å². The molecule has 1 aromatic carbocycles. The van der Waals surface area contributed by atoms with Gasteiger partial charge in [-0.25, -0.2) is 4.39 Å². The van der Waals surface area contributed by atoms with Gasteiger partial charge in [-0.3, -0.25) is 4.79 Å². The number of carbonyl (C=O) groups excluding carboxylic acids is 1. The summed E-state index contributed by atoms with van der Waals surface area (Å²) in [6, 6.07) is 4.06. The van der Waals surface area contributed by atoms with Crippen LogP contribution in [0.2, 0.25) is 0 Å². The molecule has 4 atom stereocenters. The Morgan fingerprint density at radius 1 is 1.31 bits per heavy atom. The molecule has 0 saturated heterocycles. The molecule has 1 aromatic rings. The number of halogens is 1. The second kappa shape index (κ2) is 5.86. The lowest BCUT2D eigenvalue weighted by molar-refractivity contribution is -0.122. The zero-order valence-corrected chi connectivity index (χ0v) is 15.2. The fourth-order valence-corrected chi connectivity index (χ4v) is 5.66. The lowest BCUT2D eigenvalue weighted by Crippen LogP contribution is -2.56. The van der Waals surface area contributed by atoms with Crippen LogP contribution in [0.3, 0.4) is 0 Å². The summed E-state index contributed by atoms with van der Waals surface area (Å²) in [6.07, 6.45) is 4.88. The molecular weight excluding hydrogens is 333 g/mol. The Hall–Kier alpha value is -1.78. The molecule has 26 heavy (non-hydrogen) atoms. The number of benzene rings is 1. The third-order valence-electron chi connectivity index (χ3n) is 7.04. The number of rotatable bonds is 5. The Balaban J connectivity index is 1.53. The molecule has 5 rings (SSSR count). The van der Waals surface area contributed by atoms with Gasteiger partial charge in [0, 0.05) is 23.4 Å². The Kier molecular flexibility index (Phi) is 3.70. The molecule has 2 fully saturated rings. The van der Waals surface area contributed by atoms with Gasteiger partial charge in [0.1, 0.15) is 12.3 Å². The number of aryl methyl sites for hydroxylation is 1. The number of ether oxygens (including phenoxy) is 2. The largest absolute Gasteiger partial charge is 0.493 e. The standard InChI is InChI=1S/C21H26FNO3/c1-25-16-9-5-12-4-6-14-7-8-15(22)19-21(14,17(12)18(16)26-19)10-11-23-20(24)13-2-3-13/h5,9,13-15,19H,2-4,6-8,10-11H2,1H3,(H,23,24)/t14?,15?,19-,21-/m1/s1. The maximum atomic E-state index is 15.0. The summed E-state index contributed by atoms with van der Waals surface area (Å²) in [4.78, 5) is 12.1. The molecule has 2 saturated carbocycles. The van der Waals surface area contributed by atoms with Crippen LogP contribution in [0.15, 0.2) is 12.1 Å². The average molecular weight is 359 g/mol. The van der Waals surface area contributed by atoms with E-state index in [1.807, 2.05) is 6.07 Å². The number of amides is 1. The summed E-state index contributed by atoms with van der Waals surface area (Å²) in [5.41, 5.74) is 2.11. The molecule has 5 heteroatoms. The lowest BCUT2D eigenvalue weighted by atomic mass is 9.55. The fraction of sp³-hybridized carbons (Fsp3) is 0.667. The first-order chi connectivity index (χ1) is 12.6. The second-order valence-corrected chi connectivity index (χ2v) is 8.35. The van der Waals surface area contributed by atoms with Crippen molar-refractivity contribution >= 4 is 5.91 Å². The van der Waals surface area contributed by atoms with E-state index in [4.69, 9.17) is 9.47 Å². The van der Waals surface area contributed by atoms with Crippen molar-refractivity contribution in [1.29, 1.82) is 0 Å². The second-order valence-electron chi connectivity index (χ2n) is 8.35. The van der Waals surface area contributed by atoms with E-state index in [0.29, 0.717) is 24.6 Å². The van der Waals surface area contributed by atoms with Crippen molar-refractivity contribution in [2.45, 2.75) is 62.6 Å². The van der Waals surface area contributed by atoms with Crippen LogP contribution in [0.1, 0.15) is 49.7 Å². The highest BCUT2D eigenvalue weighted by atomic mass is 19.1. The number of carbonyl (C=O) groups is 1. The number of hydrogen-bond acceptors (Lipinski definition) is 3. The number of methoxy groups -OCH3 is 1. The van der Waals surface area contributed by atoms with E-state index in [1.54, 1.807) is 7.11 Å². The molecule has 4 nitrogen and oxygen atoms in total. The molecular formula is C21H26FNO3. The summed E-state index contributed by atoms with van der Waals surface area (Å²) in [5.74, 6) is 2.22. The average Bonchev–Trinajstić information content (AvgIpc) is 3.44. The molecule has 2 unspecified atom stereocenters. The summed E-state index contributed by atoms with van der Waals surface area (Å²) in [6.45, 7) is 0.592. The molecule has 140 valence electrons. The van der Waals surface area contributed by atoms with Crippen LogP contribution in [0.5, 0.6) is 11.5 Å². The van der Waals surface area contributed by atoms with Gasteiger partial charge in [0.25, 0.3) is 0 Å². The van der Waals surface area contributed by atoms with E-state index in [9.17, 15) is 9.18 Å². The van der Waals surface area contributed by atoms with E-state index in [2.05, 4.69) is 11.4 Å². The van der Waals surface area contributed by atoms with Crippen molar-refractivity contribution in [3.63, 3.8) is 0 Å². The smallest absolute Gasteiger partial charge is 0.223 e. The summed E-state index contributed by atoms with van der Waals surface area (Å²) in [5, 5.41) is 3.09. The van der Waals surface area contributed by atoms with Crippen LogP contribution in [-0.2, 0) is 16.6 Å². The van der Waals surface area contributed by atoms with E-state index in [1.165, 1.54) is 11.1 Å². The maximum Gasteiger partial charge on any atom is 0.223 e. The Bertz CT molecular complexity index is 747. The zero-order valence-electron chi connectivity index (χ0n) is 15.2. The first-order valence-electron chi connectivity index (χ1n) is 9.94. The van der Waals surface area contributed by atoms with E-state index in [-0.39, 0.29) is 17.2 Å². The third kappa shape index (κ3) is 2.21. The highest BCUT2D eigenvalue weighted by molar-refractivity contribution is 5.80. The van der Waals surface area contributed by atoms with E-state index >= 15 is 0 Å². The highest BCUT2D eigenvalue weighted by Gasteiger charge is 2.61. The normalized spacial score (nSPS) is 34.0. The summed E-state index contributed by atoms with van der Waals surface area (Å²) < 4.78 is 26.8. The first-order valence-corrected chi connectivity index (χ1v) is 9.94. The lowest BCUT2D eigenvalue weighted by Gasteiger charge is -2.49. The van der Waals surface area contributed by atoms with Crippen LogP contribution in [0, 0.1) is 11.8 Å². The zero-order chi connectivity index (χ0) is 17.9. The van der Waals surface area contributed by atoms with Gasteiger partial charge in [0.05, 0.1) is 7.11 Å². The van der Waals surface area contributed by atoms with Crippen molar-refractivity contribution in [3.05, 3.63) is 23.3 Å². The van der Waals surface area contributed by atoms with Crippen molar-refractivity contribution in [2.75, 3.05) is 13.7 Å². The van der Waals surface area contributed by atoms with Crippen LogP contribution >= 0.6 is 0 Å². The molecule has 0 aromatic heterocycles. The Morgan fingerprint density at radius 2 is 2.15 bits per heavy atom. The van der Waals surface area contributed by atoms with Gasteiger partial charge in [-0.05, 0) is 62.5 Å². The molecule has 1 aliphatic heterocycles. The molecule has 4 aliphatic rings. The quantitative estimate of drug-likeness (QED) is 0.877. The van der Waals surface area contributed by atoms with Gasteiger partial charge in [-0.1, -0.05) is 6.07 Å². The van der Waals surface area contributed by atoms with Gasteiger partial charge in [-0.15, -0.1) is 0 Å². The third-order valence-corrected chi connectivity index (χ3v) is 7.04. The minimum absolute atomic E-state index is 0.157. The molecule has 0 spiro atoms. The van der Waals surface area contributed by atoms with Crippen LogP contribution in [-0.4, -0.2) is 31.8 Å². The molecule has 1 amide bonds. The number of nitrogens with one attached hydrogen (secondary N) is 1. The first kappa shape index (κ1) is 16.4. The Morgan fingerprint density at radius 3 is 2.92 bits per heavy atom. The Labute approximate surface area is 153 Å². The van der Waals surface area contributed by atoms with E-state index in [0.717, 1.165) is 44.3 Å². The van der Waals surface area contributed by atoms with Gasteiger partial charge >= 0.3 is 0 Å². The van der Waals surface area contributed by atoms with Crippen molar-refractivity contribution in [3.8, 4) is 11.5 Å². The van der Waals surface area contributed by atoms with E-state index < -0.39 is 12.3 Å². The highest BCUT2D eigenvalue weighted by Crippen LogP contribution is 2.62.